The molecule has 0 aliphatic carbocycles. The molecule has 2 aliphatic rings. The number of rotatable bonds is 3. The molecular weight excluding hydrogens is 444 g/mol. The third-order valence-corrected chi connectivity index (χ3v) is 8.22. The molecule has 2 N–H and O–H groups in total. The second-order valence-electron chi connectivity index (χ2n) is 8.66. The monoisotopic (exact) mass is 466 g/mol. The van der Waals surface area contributed by atoms with E-state index in [0.717, 1.165) is 65.3 Å². The van der Waals surface area contributed by atoms with E-state index in [1.807, 2.05) is 54.4 Å². The predicted molar refractivity (Wildman–Crippen MR) is 124 cm³/mol. The van der Waals surface area contributed by atoms with E-state index in [9.17, 15) is 0 Å². The van der Waals surface area contributed by atoms with E-state index in [2.05, 4.69) is 29.6 Å². The Balaban J connectivity index is 1.14. The Morgan fingerprint density at radius 2 is 2.03 bits per heavy atom. The normalized spacial score (nSPS) is 19.7. The molecule has 4 aromatic heterocycles. The molecule has 1 saturated heterocycles. The van der Waals surface area contributed by atoms with Crippen molar-refractivity contribution in [1.82, 2.24) is 29.1 Å². The Bertz CT molecular complexity index is 1290. The molecular formula is C22H23ClN8S. The molecule has 1 fully saturated rings. The van der Waals surface area contributed by atoms with Crippen molar-refractivity contribution >= 4 is 34.8 Å². The zero-order valence-electron chi connectivity index (χ0n) is 17.6. The summed E-state index contributed by atoms with van der Waals surface area (Å²) in [4.78, 5) is 17.0. The first-order valence-corrected chi connectivity index (χ1v) is 11.9. The molecule has 164 valence electrons. The number of aryl methyl sites for hydroxylation is 1. The highest BCUT2D eigenvalue weighted by Crippen LogP contribution is 2.47. The van der Waals surface area contributed by atoms with Crippen molar-refractivity contribution in [2.24, 2.45) is 11.1 Å². The van der Waals surface area contributed by atoms with E-state index < -0.39 is 0 Å². The molecule has 0 amide bonds. The SMILES string of the molecule is Cc1cn2ccc(Sc3cnc(N4CCC5(CC4)Cn4nccc4[C@H]5N)cn3)c(Cl)c2n1. The Labute approximate surface area is 194 Å². The molecule has 4 aromatic rings. The van der Waals surface area contributed by atoms with Gasteiger partial charge in [0.2, 0.25) is 0 Å². The van der Waals surface area contributed by atoms with Crippen LogP contribution in [0.1, 0.15) is 30.3 Å². The lowest BCUT2D eigenvalue weighted by Crippen LogP contribution is -2.45. The van der Waals surface area contributed by atoms with Crippen molar-refractivity contribution < 1.29 is 0 Å². The van der Waals surface area contributed by atoms with Gasteiger partial charge in [0.05, 0.1) is 34.8 Å². The summed E-state index contributed by atoms with van der Waals surface area (Å²) in [5.74, 6) is 0.902. The van der Waals surface area contributed by atoms with Crippen molar-refractivity contribution in [3.05, 3.63) is 59.5 Å². The number of piperidine rings is 1. The third-order valence-electron chi connectivity index (χ3n) is 6.76. The molecule has 0 radical (unpaired) electrons. The predicted octanol–water partition coefficient (Wildman–Crippen LogP) is 3.73. The highest BCUT2D eigenvalue weighted by molar-refractivity contribution is 7.99. The fourth-order valence-electron chi connectivity index (χ4n) is 4.94. The Hall–Kier alpha value is -2.62. The summed E-state index contributed by atoms with van der Waals surface area (Å²) in [6.45, 7) is 4.70. The number of anilines is 1. The molecule has 8 nitrogen and oxygen atoms in total. The van der Waals surface area contributed by atoms with Gasteiger partial charge in [-0.2, -0.15) is 5.10 Å². The minimum Gasteiger partial charge on any atom is -0.355 e. The van der Waals surface area contributed by atoms with Gasteiger partial charge in [0.1, 0.15) is 10.8 Å². The first-order chi connectivity index (χ1) is 15.5. The van der Waals surface area contributed by atoms with Crippen LogP contribution in [0.4, 0.5) is 5.82 Å². The fourth-order valence-corrected chi connectivity index (χ4v) is 6.00. The van der Waals surface area contributed by atoms with Crippen LogP contribution in [0.2, 0.25) is 5.02 Å². The van der Waals surface area contributed by atoms with Gasteiger partial charge in [-0.05, 0) is 31.9 Å². The van der Waals surface area contributed by atoms with E-state index in [1.54, 1.807) is 0 Å². The Morgan fingerprint density at radius 3 is 2.78 bits per heavy atom. The summed E-state index contributed by atoms with van der Waals surface area (Å²) >= 11 is 8.08. The van der Waals surface area contributed by atoms with Crippen LogP contribution in [0.15, 0.2) is 53.0 Å². The number of hydrogen-bond acceptors (Lipinski definition) is 7. The number of halogens is 1. The molecule has 0 aromatic carbocycles. The highest BCUT2D eigenvalue weighted by Gasteiger charge is 2.46. The van der Waals surface area contributed by atoms with Gasteiger partial charge in [-0.3, -0.25) is 4.68 Å². The van der Waals surface area contributed by atoms with Crippen LogP contribution in [0.5, 0.6) is 0 Å². The van der Waals surface area contributed by atoms with Crippen molar-refractivity contribution in [2.45, 2.75) is 42.3 Å². The molecule has 32 heavy (non-hydrogen) atoms. The van der Waals surface area contributed by atoms with E-state index in [1.165, 1.54) is 11.8 Å². The number of nitrogens with two attached hydrogens (primary N) is 1. The largest absolute Gasteiger partial charge is 0.355 e. The van der Waals surface area contributed by atoms with Gasteiger partial charge in [0.15, 0.2) is 5.65 Å². The summed E-state index contributed by atoms with van der Waals surface area (Å²) in [7, 11) is 0. The molecule has 2 aliphatic heterocycles. The van der Waals surface area contributed by atoms with Crippen LogP contribution in [0.25, 0.3) is 5.65 Å². The first kappa shape index (κ1) is 20.0. The average molecular weight is 467 g/mol. The van der Waals surface area contributed by atoms with Gasteiger partial charge < -0.3 is 15.0 Å². The average Bonchev–Trinajstić information content (AvgIpc) is 3.48. The maximum Gasteiger partial charge on any atom is 0.156 e. The number of aromatic nitrogens is 6. The van der Waals surface area contributed by atoms with E-state index in [4.69, 9.17) is 17.3 Å². The van der Waals surface area contributed by atoms with Crippen LogP contribution in [-0.2, 0) is 6.54 Å². The summed E-state index contributed by atoms with van der Waals surface area (Å²) in [6, 6.07) is 4.08. The quantitative estimate of drug-likeness (QED) is 0.492. The molecule has 0 bridgehead atoms. The standard InChI is InChI=1S/C22H23ClN8S/c1-14-12-30-7-3-16(19(23)21(30)28-14)32-18-11-25-17(10-26-18)29-8-4-22(5-9-29)13-31-15(20(22)24)2-6-27-31/h2-3,6-7,10-12,20H,4-5,8-9,13,24H2,1H3/t20-/m1/s1. The minimum atomic E-state index is 0.0537. The van der Waals surface area contributed by atoms with Crippen molar-refractivity contribution in [1.29, 1.82) is 0 Å². The van der Waals surface area contributed by atoms with Crippen LogP contribution in [0, 0.1) is 12.3 Å². The number of nitrogens with zero attached hydrogens (tertiary/aromatic N) is 7. The lowest BCUT2D eigenvalue weighted by Gasteiger charge is -2.41. The number of fused-ring (bicyclic) bond motifs is 2. The fraction of sp³-hybridized carbons (Fsp3) is 0.364. The van der Waals surface area contributed by atoms with Crippen molar-refractivity contribution in [2.75, 3.05) is 18.0 Å². The topological polar surface area (TPSA) is 90.2 Å². The molecule has 6 heterocycles. The maximum atomic E-state index is 6.60. The van der Waals surface area contributed by atoms with Gasteiger partial charge in [-0.25, -0.2) is 15.0 Å². The molecule has 0 saturated carbocycles. The number of hydrogen-bond donors (Lipinski definition) is 1. The van der Waals surface area contributed by atoms with Gasteiger partial charge in [-0.1, -0.05) is 23.4 Å². The smallest absolute Gasteiger partial charge is 0.156 e. The van der Waals surface area contributed by atoms with E-state index >= 15 is 0 Å². The van der Waals surface area contributed by atoms with Gasteiger partial charge in [0, 0.05) is 48.5 Å². The summed E-state index contributed by atoms with van der Waals surface area (Å²) < 4.78 is 4.00. The highest BCUT2D eigenvalue weighted by atomic mass is 35.5. The minimum absolute atomic E-state index is 0.0537. The molecule has 6 rings (SSSR count). The van der Waals surface area contributed by atoms with Gasteiger partial charge >= 0.3 is 0 Å². The van der Waals surface area contributed by atoms with Crippen LogP contribution in [-0.4, -0.2) is 42.2 Å². The Morgan fingerprint density at radius 1 is 1.19 bits per heavy atom. The van der Waals surface area contributed by atoms with Gasteiger partial charge in [-0.15, -0.1) is 0 Å². The van der Waals surface area contributed by atoms with E-state index in [0.29, 0.717) is 5.02 Å². The number of imidazole rings is 1. The summed E-state index contributed by atoms with van der Waals surface area (Å²) in [5, 5.41) is 5.86. The van der Waals surface area contributed by atoms with Crippen LogP contribution in [0.3, 0.4) is 0 Å². The molecule has 1 atom stereocenters. The number of pyridine rings is 1. The zero-order chi connectivity index (χ0) is 21.9. The summed E-state index contributed by atoms with van der Waals surface area (Å²) in [5.41, 5.74) is 9.55. The first-order valence-electron chi connectivity index (χ1n) is 10.7. The maximum absolute atomic E-state index is 6.60. The van der Waals surface area contributed by atoms with Crippen molar-refractivity contribution in [3.8, 4) is 0 Å². The van der Waals surface area contributed by atoms with Crippen LogP contribution < -0.4 is 10.6 Å². The molecule has 1 spiro atoms. The Kier molecular flexibility index (Phi) is 4.67. The summed E-state index contributed by atoms with van der Waals surface area (Å²) in [6.07, 6.45) is 11.5. The van der Waals surface area contributed by atoms with E-state index in [-0.39, 0.29) is 11.5 Å². The third kappa shape index (κ3) is 3.18. The van der Waals surface area contributed by atoms with Gasteiger partial charge in [0.25, 0.3) is 0 Å². The van der Waals surface area contributed by atoms with Crippen LogP contribution >= 0.6 is 23.4 Å². The molecule has 0 unspecified atom stereocenters. The second kappa shape index (κ2) is 7.47. The zero-order valence-corrected chi connectivity index (χ0v) is 19.2. The second-order valence-corrected chi connectivity index (χ2v) is 10.1. The lowest BCUT2D eigenvalue weighted by molar-refractivity contribution is 0.170. The van der Waals surface area contributed by atoms with Crippen molar-refractivity contribution in [3.63, 3.8) is 0 Å². The molecule has 10 heteroatoms. The lowest BCUT2D eigenvalue weighted by atomic mass is 9.73.